The molecule has 0 radical (unpaired) electrons. The Morgan fingerprint density at radius 1 is 1.12 bits per heavy atom. The maximum atomic E-state index is 10.5. The second-order valence-electron chi connectivity index (χ2n) is 8.01. The maximum Gasteiger partial charge on any atom is 0.303 e. The molecule has 0 saturated heterocycles. The molecule has 152 valence electrons. The van der Waals surface area contributed by atoms with Crippen molar-refractivity contribution in [3.05, 3.63) is 12.2 Å². The number of carbonyl (C=O) groups is 1. The summed E-state index contributed by atoms with van der Waals surface area (Å²) in [6.07, 6.45) is 14.8. The smallest absolute Gasteiger partial charge is 0.303 e. The van der Waals surface area contributed by atoms with Gasteiger partial charge in [-0.05, 0) is 49.9 Å². The summed E-state index contributed by atoms with van der Waals surface area (Å²) in [6, 6.07) is 0. The number of aliphatic hydroxyl groups is 2. The minimum absolute atomic E-state index is 0.233. The molecule has 0 heterocycles. The summed E-state index contributed by atoms with van der Waals surface area (Å²) in [5.74, 6) is 0.269. The molecule has 1 rings (SSSR count). The van der Waals surface area contributed by atoms with Gasteiger partial charge in [0, 0.05) is 6.42 Å². The topological polar surface area (TPSA) is 77.8 Å². The van der Waals surface area contributed by atoms with Crippen LogP contribution in [0.1, 0.15) is 90.9 Å². The van der Waals surface area contributed by atoms with Crippen LogP contribution in [0.5, 0.6) is 0 Å². The normalized spacial score (nSPS) is 25.6. The van der Waals surface area contributed by atoms with Crippen LogP contribution in [0.3, 0.4) is 0 Å². The average molecular weight is 369 g/mol. The Morgan fingerprint density at radius 3 is 2.50 bits per heavy atom. The molecule has 1 fully saturated rings. The van der Waals surface area contributed by atoms with E-state index < -0.39 is 5.97 Å². The minimum Gasteiger partial charge on any atom is -0.481 e. The van der Waals surface area contributed by atoms with Gasteiger partial charge in [-0.15, -0.1) is 0 Å². The Hall–Kier alpha value is -0.870. The van der Waals surface area contributed by atoms with E-state index in [4.69, 9.17) is 5.11 Å². The molecule has 1 aliphatic rings. The second kappa shape index (κ2) is 13.3. The van der Waals surface area contributed by atoms with Crippen LogP contribution in [0, 0.1) is 17.8 Å². The van der Waals surface area contributed by atoms with E-state index in [9.17, 15) is 15.0 Å². The van der Waals surface area contributed by atoms with Crippen LogP contribution in [0.2, 0.25) is 0 Å². The number of carboxylic acids is 1. The molecule has 0 aromatic carbocycles. The lowest BCUT2D eigenvalue weighted by molar-refractivity contribution is -0.137. The molecule has 5 unspecified atom stereocenters. The van der Waals surface area contributed by atoms with E-state index in [1.165, 1.54) is 0 Å². The van der Waals surface area contributed by atoms with Gasteiger partial charge in [0.2, 0.25) is 0 Å². The van der Waals surface area contributed by atoms with Crippen LogP contribution >= 0.6 is 0 Å². The monoisotopic (exact) mass is 368 g/mol. The molecule has 26 heavy (non-hydrogen) atoms. The highest BCUT2D eigenvalue weighted by Gasteiger charge is 2.32. The molecule has 5 atom stereocenters. The molecule has 4 nitrogen and oxygen atoms in total. The summed E-state index contributed by atoms with van der Waals surface area (Å²) in [5, 5.41) is 29.4. The summed E-state index contributed by atoms with van der Waals surface area (Å²) in [6.45, 7) is 4.32. The van der Waals surface area contributed by atoms with Gasteiger partial charge in [-0.25, -0.2) is 0 Å². The first-order valence-corrected chi connectivity index (χ1v) is 10.8. The quantitative estimate of drug-likeness (QED) is 0.300. The maximum absolute atomic E-state index is 10.5. The summed E-state index contributed by atoms with van der Waals surface area (Å²) < 4.78 is 0. The predicted molar refractivity (Wildman–Crippen MR) is 106 cm³/mol. The molecule has 0 bridgehead atoms. The van der Waals surface area contributed by atoms with E-state index in [-0.39, 0.29) is 24.5 Å². The fourth-order valence-corrected chi connectivity index (χ4v) is 4.23. The van der Waals surface area contributed by atoms with Crippen LogP contribution in [-0.4, -0.2) is 33.5 Å². The molecule has 0 amide bonds. The number of rotatable bonds is 14. The van der Waals surface area contributed by atoms with Crippen LogP contribution in [0.4, 0.5) is 0 Å². The van der Waals surface area contributed by atoms with Gasteiger partial charge in [-0.1, -0.05) is 64.5 Å². The second-order valence-corrected chi connectivity index (χ2v) is 8.01. The zero-order valence-electron chi connectivity index (χ0n) is 16.8. The Bertz CT molecular complexity index is 407. The Morgan fingerprint density at radius 2 is 1.85 bits per heavy atom. The predicted octanol–water partition coefficient (Wildman–Crippen LogP) is 4.93. The third-order valence-electron chi connectivity index (χ3n) is 6.01. The largest absolute Gasteiger partial charge is 0.481 e. The molecule has 1 aliphatic carbocycles. The molecule has 1 saturated carbocycles. The van der Waals surface area contributed by atoms with Gasteiger partial charge in [0.15, 0.2) is 0 Å². The van der Waals surface area contributed by atoms with Gasteiger partial charge in [-0.2, -0.15) is 0 Å². The van der Waals surface area contributed by atoms with Crippen molar-refractivity contribution in [2.24, 2.45) is 17.8 Å². The zero-order valence-corrected chi connectivity index (χ0v) is 16.8. The van der Waals surface area contributed by atoms with Crippen molar-refractivity contribution in [1.82, 2.24) is 0 Å². The highest BCUT2D eigenvalue weighted by Crippen LogP contribution is 2.37. The van der Waals surface area contributed by atoms with Crippen LogP contribution in [0.15, 0.2) is 12.2 Å². The lowest BCUT2D eigenvalue weighted by Crippen LogP contribution is -2.20. The third-order valence-corrected chi connectivity index (χ3v) is 6.01. The molecule has 3 N–H and O–H groups in total. The Labute approximate surface area is 159 Å². The minimum atomic E-state index is -0.718. The molecule has 0 spiro atoms. The third kappa shape index (κ3) is 8.68. The number of aliphatic carboxylic acids is 1. The molecular weight excluding hydrogens is 328 g/mol. The fourth-order valence-electron chi connectivity index (χ4n) is 4.23. The summed E-state index contributed by atoms with van der Waals surface area (Å²) >= 11 is 0. The number of carboxylic acid groups (broad SMARTS) is 1. The molecule has 0 aliphatic heterocycles. The van der Waals surface area contributed by atoms with E-state index in [2.05, 4.69) is 19.9 Å². The summed E-state index contributed by atoms with van der Waals surface area (Å²) in [5.41, 5.74) is 0. The first-order chi connectivity index (χ1) is 12.5. The van der Waals surface area contributed by atoms with Crippen LogP contribution in [-0.2, 0) is 4.79 Å². The van der Waals surface area contributed by atoms with E-state index in [1.54, 1.807) is 0 Å². The lowest BCUT2D eigenvalue weighted by atomic mass is 9.87. The molecule has 0 aromatic heterocycles. The van der Waals surface area contributed by atoms with Crippen molar-refractivity contribution < 1.29 is 20.1 Å². The van der Waals surface area contributed by atoms with Gasteiger partial charge in [-0.3, -0.25) is 4.79 Å². The molecule has 4 heteroatoms. The number of hydrogen-bond acceptors (Lipinski definition) is 3. The van der Waals surface area contributed by atoms with Crippen molar-refractivity contribution in [3.8, 4) is 0 Å². The van der Waals surface area contributed by atoms with E-state index in [1.807, 2.05) is 6.08 Å². The van der Waals surface area contributed by atoms with Crippen molar-refractivity contribution >= 4 is 5.97 Å². The van der Waals surface area contributed by atoms with Gasteiger partial charge in [0.25, 0.3) is 0 Å². The van der Waals surface area contributed by atoms with E-state index in [0.29, 0.717) is 11.8 Å². The Balaban J connectivity index is 2.40. The van der Waals surface area contributed by atoms with Crippen molar-refractivity contribution in [3.63, 3.8) is 0 Å². The van der Waals surface area contributed by atoms with Gasteiger partial charge in [0.05, 0.1) is 12.2 Å². The van der Waals surface area contributed by atoms with E-state index in [0.717, 1.165) is 70.6 Å². The first kappa shape index (κ1) is 23.2. The number of allylic oxidation sites excluding steroid dienone is 1. The number of hydrogen-bond donors (Lipinski definition) is 3. The Kier molecular flexibility index (Phi) is 11.9. The van der Waals surface area contributed by atoms with Crippen molar-refractivity contribution in [2.75, 3.05) is 0 Å². The van der Waals surface area contributed by atoms with Crippen LogP contribution < -0.4 is 0 Å². The van der Waals surface area contributed by atoms with Gasteiger partial charge >= 0.3 is 5.97 Å². The zero-order chi connectivity index (χ0) is 19.4. The highest BCUT2D eigenvalue weighted by molar-refractivity contribution is 5.66. The van der Waals surface area contributed by atoms with Crippen molar-refractivity contribution in [1.29, 1.82) is 0 Å². The lowest BCUT2D eigenvalue weighted by Gasteiger charge is -2.22. The van der Waals surface area contributed by atoms with Gasteiger partial charge < -0.3 is 15.3 Å². The summed E-state index contributed by atoms with van der Waals surface area (Å²) in [4.78, 5) is 10.5. The SMILES string of the molecule is CCCCC(CC)C(O)C=CC1CCC(O)C1CCCCCCC(=O)O. The van der Waals surface area contributed by atoms with Crippen LogP contribution in [0.25, 0.3) is 0 Å². The highest BCUT2D eigenvalue weighted by atomic mass is 16.4. The van der Waals surface area contributed by atoms with Crippen molar-refractivity contribution in [2.45, 2.75) is 103 Å². The number of unbranched alkanes of at least 4 members (excludes halogenated alkanes) is 4. The average Bonchev–Trinajstić information content (AvgIpc) is 2.96. The number of aliphatic hydroxyl groups excluding tert-OH is 2. The summed E-state index contributed by atoms with van der Waals surface area (Å²) in [7, 11) is 0. The van der Waals surface area contributed by atoms with Gasteiger partial charge in [0.1, 0.15) is 0 Å². The molecule has 0 aromatic rings. The first-order valence-electron chi connectivity index (χ1n) is 10.8. The standard InChI is InChI=1S/C22H40O4/c1-3-5-10-17(4-2)20(23)15-13-18-14-16-21(24)19(18)11-8-6-7-9-12-22(25)26/h13,15,17-21,23-24H,3-12,14,16H2,1-2H3,(H,25,26). The molecular formula is C22H40O4. The fraction of sp³-hybridized carbons (Fsp3) is 0.864. The van der Waals surface area contributed by atoms with E-state index >= 15 is 0 Å².